The second kappa shape index (κ2) is 10.6. The van der Waals surface area contributed by atoms with Crippen molar-refractivity contribution in [3.8, 4) is 0 Å². The summed E-state index contributed by atoms with van der Waals surface area (Å²) in [7, 11) is -2.78. The van der Waals surface area contributed by atoms with Gasteiger partial charge in [0.1, 0.15) is 23.7 Å². The Bertz CT molecular complexity index is 1310. The molecule has 1 aromatic heterocycles. The van der Waals surface area contributed by atoms with E-state index in [2.05, 4.69) is 11.3 Å². The molecular weight excluding hydrogens is 482 g/mol. The summed E-state index contributed by atoms with van der Waals surface area (Å²) in [6.45, 7) is 4.98. The Balaban J connectivity index is 1.81. The molecule has 0 spiro atoms. The molecule has 0 fully saturated rings. The predicted molar refractivity (Wildman–Crippen MR) is 127 cm³/mol. The van der Waals surface area contributed by atoms with Crippen molar-refractivity contribution in [3.63, 3.8) is 0 Å². The first kappa shape index (κ1) is 25.1. The number of sulfonamides is 1. The number of carbonyl (C=O) groups excluding carboxylic acids is 2. The summed E-state index contributed by atoms with van der Waals surface area (Å²) in [6, 6.07) is 13.3. The van der Waals surface area contributed by atoms with Crippen molar-refractivity contribution in [2.24, 2.45) is 0 Å². The molecule has 0 aliphatic carbocycles. The summed E-state index contributed by atoms with van der Waals surface area (Å²) >= 11 is 5.92. The molecule has 0 saturated heterocycles. The molecule has 0 aliphatic heterocycles. The minimum atomic E-state index is -4.03. The molecule has 2 aromatic carbocycles. The number of methoxy groups -OCH3 is 1. The van der Waals surface area contributed by atoms with Gasteiger partial charge < -0.3 is 13.9 Å². The van der Waals surface area contributed by atoms with E-state index in [1.165, 1.54) is 43.5 Å². The summed E-state index contributed by atoms with van der Waals surface area (Å²) in [4.78, 5) is 24.2. The van der Waals surface area contributed by atoms with Crippen LogP contribution in [0.4, 0.5) is 5.69 Å². The number of esters is 2. The van der Waals surface area contributed by atoms with E-state index in [0.717, 1.165) is 4.31 Å². The fourth-order valence-corrected chi connectivity index (χ4v) is 4.73. The van der Waals surface area contributed by atoms with Crippen molar-refractivity contribution in [2.45, 2.75) is 18.4 Å². The number of aryl methyl sites for hydroxylation is 1. The van der Waals surface area contributed by atoms with Gasteiger partial charge in [0.2, 0.25) is 0 Å². The van der Waals surface area contributed by atoms with Crippen LogP contribution in [0.5, 0.6) is 0 Å². The van der Waals surface area contributed by atoms with Crippen LogP contribution in [-0.2, 0) is 26.1 Å². The number of rotatable bonds is 9. The zero-order valence-corrected chi connectivity index (χ0v) is 20.1. The molecule has 3 rings (SSSR count). The van der Waals surface area contributed by atoms with Gasteiger partial charge in [0.25, 0.3) is 10.0 Å². The molecule has 178 valence electrons. The monoisotopic (exact) mass is 503 g/mol. The van der Waals surface area contributed by atoms with Gasteiger partial charge in [0.15, 0.2) is 0 Å². The highest BCUT2D eigenvalue weighted by atomic mass is 35.5. The molecule has 8 nitrogen and oxygen atoms in total. The van der Waals surface area contributed by atoms with Crippen LogP contribution in [0, 0.1) is 6.92 Å². The van der Waals surface area contributed by atoms with Gasteiger partial charge in [-0.15, -0.1) is 6.58 Å². The number of carbonyl (C=O) groups is 2. The second-order valence-electron chi connectivity index (χ2n) is 7.08. The van der Waals surface area contributed by atoms with Gasteiger partial charge in [-0.2, -0.15) is 0 Å². The Labute approximate surface area is 202 Å². The number of benzene rings is 2. The van der Waals surface area contributed by atoms with E-state index in [1.54, 1.807) is 31.2 Å². The molecule has 10 heteroatoms. The van der Waals surface area contributed by atoms with Crippen LogP contribution in [0.1, 0.15) is 32.2 Å². The maximum absolute atomic E-state index is 13.3. The summed E-state index contributed by atoms with van der Waals surface area (Å²) in [5.41, 5.74) is 0.658. The fraction of sp³-hybridized carbons (Fsp3) is 0.167. The van der Waals surface area contributed by atoms with Crippen LogP contribution in [-0.4, -0.2) is 34.0 Å². The molecule has 0 aliphatic rings. The van der Waals surface area contributed by atoms with Crippen LogP contribution in [0.3, 0.4) is 0 Å². The van der Waals surface area contributed by atoms with Gasteiger partial charge in [-0.05, 0) is 55.5 Å². The third kappa shape index (κ3) is 5.49. The molecule has 0 bridgehead atoms. The minimum Gasteiger partial charge on any atom is -0.465 e. The van der Waals surface area contributed by atoms with Crippen molar-refractivity contribution >= 4 is 39.3 Å². The number of anilines is 1. The largest absolute Gasteiger partial charge is 0.465 e. The summed E-state index contributed by atoms with van der Waals surface area (Å²) in [6.07, 6.45) is 1.46. The maximum Gasteiger partial charge on any atom is 0.341 e. The summed E-state index contributed by atoms with van der Waals surface area (Å²) in [5.74, 6) is -0.751. The van der Waals surface area contributed by atoms with Crippen LogP contribution >= 0.6 is 11.6 Å². The Morgan fingerprint density at radius 3 is 2.47 bits per heavy atom. The van der Waals surface area contributed by atoms with Crippen LogP contribution in [0.15, 0.2) is 76.6 Å². The van der Waals surface area contributed by atoms with E-state index in [0.29, 0.717) is 16.5 Å². The Hall–Kier alpha value is -3.56. The average Bonchev–Trinajstić information content (AvgIpc) is 3.21. The molecule has 0 atom stereocenters. The molecule has 0 N–H and O–H groups in total. The highest BCUT2D eigenvalue weighted by molar-refractivity contribution is 7.92. The lowest BCUT2D eigenvalue weighted by atomic mass is 10.2. The first-order valence-electron chi connectivity index (χ1n) is 10.0. The first-order chi connectivity index (χ1) is 16.2. The van der Waals surface area contributed by atoms with Crippen molar-refractivity contribution < 1.29 is 31.9 Å². The van der Waals surface area contributed by atoms with Crippen molar-refractivity contribution in [3.05, 3.63) is 94.9 Å². The third-order valence-corrected chi connectivity index (χ3v) is 6.83. The molecule has 1 heterocycles. The number of furan rings is 1. The molecular formula is C24H22ClNO7S. The maximum atomic E-state index is 13.3. The standard InChI is InChI=1S/C24H22ClNO7S/c1-4-12-26(19-10-8-18(25)9-11-19)34(29,30)21-7-5-6-17(13-21)23(27)32-15-20-14-22(16(2)33-20)24(28)31-3/h4-11,13-14H,1,12,15H2,2-3H3. The number of halogens is 1. The van der Waals surface area contributed by atoms with Gasteiger partial charge >= 0.3 is 11.9 Å². The topological polar surface area (TPSA) is 103 Å². The van der Waals surface area contributed by atoms with E-state index < -0.39 is 22.0 Å². The Morgan fingerprint density at radius 2 is 1.82 bits per heavy atom. The minimum absolute atomic E-state index is 0.0129. The fourth-order valence-electron chi connectivity index (χ4n) is 3.13. The lowest BCUT2D eigenvalue weighted by Gasteiger charge is -2.23. The van der Waals surface area contributed by atoms with Gasteiger partial charge in [-0.1, -0.05) is 23.7 Å². The molecule has 0 amide bonds. The highest BCUT2D eigenvalue weighted by Crippen LogP contribution is 2.26. The molecule has 0 unspecified atom stereocenters. The van der Waals surface area contributed by atoms with E-state index in [-0.39, 0.29) is 34.9 Å². The summed E-state index contributed by atoms with van der Waals surface area (Å²) < 4.78 is 43.1. The quantitative estimate of drug-likeness (QED) is 0.306. The van der Waals surface area contributed by atoms with E-state index >= 15 is 0 Å². The normalized spacial score (nSPS) is 11.0. The van der Waals surface area contributed by atoms with Gasteiger partial charge in [-0.25, -0.2) is 18.0 Å². The molecule has 3 aromatic rings. The van der Waals surface area contributed by atoms with Crippen LogP contribution in [0.25, 0.3) is 0 Å². The van der Waals surface area contributed by atoms with Crippen LogP contribution < -0.4 is 4.31 Å². The number of nitrogens with zero attached hydrogens (tertiary/aromatic N) is 1. The Morgan fingerprint density at radius 1 is 1.12 bits per heavy atom. The first-order valence-corrected chi connectivity index (χ1v) is 11.8. The number of ether oxygens (including phenoxy) is 2. The van der Waals surface area contributed by atoms with E-state index in [9.17, 15) is 18.0 Å². The number of hydrogen-bond acceptors (Lipinski definition) is 7. The molecule has 34 heavy (non-hydrogen) atoms. The highest BCUT2D eigenvalue weighted by Gasteiger charge is 2.25. The number of hydrogen-bond donors (Lipinski definition) is 0. The third-order valence-electron chi connectivity index (χ3n) is 4.79. The lowest BCUT2D eigenvalue weighted by molar-refractivity contribution is 0.0443. The lowest BCUT2D eigenvalue weighted by Crippen LogP contribution is -2.31. The smallest absolute Gasteiger partial charge is 0.341 e. The van der Waals surface area contributed by atoms with Crippen LogP contribution in [0.2, 0.25) is 5.02 Å². The Kier molecular flexibility index (Phi) is 7.80. The van der Waals surface area contributed by atoms with E-state index in [4.69, 9.17) is 20.8 Å². The van der Waals surface area contributed by atoms with Gasteiger partial charge in [0.05, 0.1) is 29.8 Å². The summed E-state index contributed by atoms with van der Waals surface area (Å²) in [5, 5.41) is 0.468. The SMILES string of the molecule is C=CCN(c1ccc(Cl)cc1)S(=O)(=O)c1cccc(C(=O)OCc2cc(C(=O)OC)c(C)o2)c1. The van der Waals surface area contributed by atoms with Crippen molar-refractivity contribution in [1.82, 2.24) is 0 Å². The molecule has 0 saturated carbocycles. The van der Waals surface area contributed by atoms with Gasteiger partial charge in [-0.3, -0.25) is 4.31 Å². The molecule has 0 radical (unpaired) electrons. The van der Waals surface area contributed by atoms with Gasteiger partial charge in [0, 0.05) is 5.02 Å². The zero-order chi connectivity index (χ0) is 24.9. The average molecular weight is 504 g/mol. The van der Waals surface area contributed by atoms with E-state index in [1.807, 2.05) is 0 Å². The van der Waals surface area contributed by atoms with Crippen molar-refractivity contribution in [2.75, 3.05) is 18.0 Å². The second-order valence-corrected chi connectivity index (χ2v) is 9.38. The zero-order valence-electron chi connectivity index (χ0n) is 18.5. The predicted octanol–water partition coefficient (Wildman–Crippen LogP) is 4.77. The van der Waals surface area contributed by atoms with Crippen molar-refractivity contribution in [1.29, 1.82) is 0 Å².